The first-order valence-corrected chi connectivity index (χ1v) is 6.05. The van der Waals surface area contributed by atoms with Gasteiger partial charge in [0.25, 0.3) is 5.91 Å². The number of hydrogen-bond donors (Lipinski definition) is 2. The van der Waals surface area contributed by atoms with Gasteiger partial charge >= 0.3 is 5.97 Å². The molecular weight excluding hydrogens is 246 g/mol. The number of nitrogens with one attached hydrogen (secondary N) is 1. The van der Waals surface area contributed by atoms with Crippen molar-refractivity contribution in [2.45, 2.75) is 40.2 Å². The Labute approximate surface area is 112 Å². The van der Waals surface area contributed by atoms with Gasteiger partial charge < -0.3 is 10.4 Å². The molecule has 0 atom stereocenters. The highest BCUT2D eigenvalue weighted by Crippen LogP contribution is 2.30. The van der Waals surface area contributed by atoms with Crippen LogP contribution >= 0.6 is 0 Å². The molecule has 0 aliphatic carbocycles. The fraction of sp³-hybridized carbons (Fsp3) is 0.615. The fourth-order valence-corrected chi connectivity index (χ4v) is 1.44. The molecule has 1 amide bonds. The standard InChI is InChI=1S/C13H21N3O3/c1-8-7-9(15-16(8)6)10(17)14-13(4,5)12(2,3)11(18)19/h7H,1-6H3,(H,14,17)(H,18,19). The number of rotatable bonds is 4. The van der Waals surface area contributed by atoms with Crippen molar-refractivity contribution in [1.29, 1.82) is 0 Å². The van der Waals surface area contributed by atoms with Gasteiger partial charge in [-0.1, -0.05) is 0 Å². The molecule has 0 aromatic carbocycles. The third-order valence-electron chi connectivity index (χ3n) is 3.87. The van der Waals surface area contributed by atoms with Gasteiger partial charge in [0.15, 0.2) is 0 Å². The van der Waals surface area contributed by atoms with E-state index in [-0.39, 0.29) is 11.6 Å². The van der Waals surface area contributed by atoms with E-state index in [4.69, 9.17) is 0 Å². The Morgan fingerprint density at radius 1 is 1.32 bits per heavy atom. The van der Waals surface area contributed by atoms with E-state index >= 15 is 0 Å². The number of carbonyl (C=O) groups excluding carboxylic acids is 1. The van der Waals surface area contributed by atoms with Crippen molar-refractivity contribution in [1.82, 2.24) is 15.1 Å². The zero-order valence-corrected chi connectivity index (χ0v) is 12.2. The van der Waals surface area contributed by atoms with E-state index in [2.05, 4.69) is 10.4 Å². The zero-order valence-electron chi connectivity index (χ0n) is 12.2. The Kier molecular flexibility index (Phi) is 3.74. The molecule has 0 unspecified atom stereocenters. The van der Waals surface area contributed by atoms with Gasteiger partial charge in [-0.3, -0.25) is 14.3 Å². The lowest BCUT2D eigenvalue weighted by Gasteiger charge is -2.38. The van der Waals surface area contributed by atoms with Crippen LogP contribution in [0.15, 0.2) is 6.07 Å². The van der Waals surface area contributed by atoms with E-state index in [1.807, 2.05) is 6.92 Å². The molecule has 0 fully saturated rings. The molecule has 0 aliphatic rings. The average molecular weight is 267 g/mol. The molecule has 0 bridgehead atoms. The minimum atomic E-state index is -1.09. The Balaban J connectivity index is 2.95. The first-order chi connectivity index (χ1) is 8.49. The van der Waals surface area contributed by atoms with Gasteiger partial charge in [-0.25, -0.2) is 0 Å². The molecule has 0 aliphatic heterocycles. The number of aryl methyl sites for hydroxylation is 2. The number of carboxylic acid groups (broad SMARTS) is 1. The van der Waals surface area contributed by atoms with Crippen molar-refractivity contribution >= 4 is 11.9 Å². The van der Waals surface area contributed by atoms with Crippen LogP contribution in [0.3, 0.4) is 0 Å². The van der Waals surface area contributed by atoms with Crippen molar-refractivity contribution < 1.29 is 14.7 Å². The number of carboxylic acids is 1. The predicted molar refractivity (Wildman–Crippen MR) is 70.9 cm³/mol. The van der Waals surface area contributed by atoms with Crippen molar-refractivity contribution in [2.75, 3.05) is 0 Å². The molecule has 1 heterocycles. The average Bonchev–Trinajstić information content (AvgIpc) is 2.58. The lowest BCUT2D eigenvalue weighted by molar-refractivity contribution is -0.150. The molecule has 1 rings (SSSR count). The third kappa shape index (κ3) is 2.77. The van der Waals surface area contributed by atoms with Crippen molar-refractivity contribution in [2.24, 2.45) is 12.5 Å². The van der Waals surface area contributed by atoms with Gasteiger partial charge in [0.2, 0.25) is 0 Å². The van der Waals surface area contributed by atoms with Gasteiger partial charge in [-0.2, -0.15) is 5.10 Å². The maximum Gasteiger partial charge on any atom is 0.311 e. The number of aromatic nitrogens is 2. The molecule has 2 N–H and O–H groups in total. The van der Waals surface area contributed by atoms with E-state index in [1.54, 1.807) is 45.5 Å². The highest BCUT2D eigenvalue weighted by atomic mass is 16.4. The van der Waals surface area contributed by atoms with Gasteiger partial charge in [-0.15, -0.1) is 0 Å². The largest absolute Gasteiger partial charge is 0.481 e. The summed E-state index contributed by atoms with van der Waals surface area (Å²) in [5.74, 6) is -1.34. The summed E-state index contributed by atoms with van der Waals surface area (Å²) in [6, 6.07) is 1.67. The van der Waals surface area contributed by atoms with Gasteiger partial charge in [0.05, 0.1) is 11.0 Å². The molecule has 0 saturated carbocycles. The summed E-state index contributed by atoms with van der Waals surface area (Å²) in [5, 5.41) is 16.1. The molecule has 19 heavy (non-hydrogen) atoms. The summed E-state index contributed by atoms with van der Waals surface area (Å²) >= 11 is 0. The van der Waals surface area contributed by atoms with Crippen LogP contribution in [0.25, 0.3) is 0 Å². The molecule has 1 aromatic rings. The fourth-order valence-electron chi connectivity index (χ4n) is 1.44. The van der Waals surface area contributed by atoms with Crippen molar-refractivity contribution in [3.63, 3.8) is 0 Å². The van der Waals surface area contributed by atoms with Gasteiger partial charge in [0, 0.05) is 12.7 Å². The van der Waals surface area contributed by atoms with Gasteiger partial charge in [0.1, 0.15) is 5.69 Å². The Morgan fingerprint density at radius 3 is 2.21 bits per heavy atom. The van der Waals surface area contributed by atoms with Crippen LogP contribution < -0.4 is 5.32 Å². The van der Waals surface area contributed by atoms with Crippen LogP contribution in [0, 0.1) is 12.3 Å². The smallest absolute Gasteiger partial charge is 0.311 e. The molecule has 6 nitrogen and oxygen atoms in total. The molecule has 106 valence electrons. The Morgan fingerprint density at radius 2 is 1.84 bits per heavy atom. The molecule has 6 heteroatoms. The Hall–Kier alpha value is -1.85. The van der Waals surface area contributed by atoms with Crippen LogP contribution in [-0.2, 0) is 11.8 Å². The minimum absolute atomic E-state index is 0.286. The van der Waals surface area contributed by atoms with Gasteiger partial charge in [-0.05, 0) is 40.7 Å². The maximum atomic E-state index is 12.1. The highest BCUT2D eigenvalue weighted by molar-refractivity contribution is 5.93. The monoisotopic (exact) mass is 267 g/mol. The third-order valence-corrected chi connectivity index (χ3v) is 3.87. The summed E-state index contributed by atoms with van der Waals surface area (Å²) in [5.41, 5.74) is -0.844. The highest BCUT2D eigenvalue weighted by Gasteiger charge is 2.44. The lowest BCUT2D eigenvalue weighted by atomic mass is 9.74. The lowest BCUT2D eigenvalue weighted by Crippen LogP contribution is -2.57. The zero-order chi connectivity index (χ0) is 15.0. The van der Waals surface area contributed by atoms with E-state index in [0.717, 1.165) is 5.69 Å². The van der Waals surface area contributed by atoms with Crippen LogP contribution in [0.5, 0.6) is 0 Å². The van der Waals surface area contributed by atoms with E-state index in [1.165, 1.54) is 0 Å². The van der Waals surface area contributed by atoms with E-state index < -0.39 is 16.9 Å². The molecule has 0 spiro atoms. The first kappa shape index (κ1) is 15.2. The van der Waals surface area contributed by atoms with Crippen LogP contribution in [0.1, 0.15) is 43.9 Å². The summed E-state index contributed by atoms with van der Waals surface area (Å²) in [6.45, 7) is 8.39. The number of hydrogen-bond acceptors (Lipinski definition) is 3. The molecule has 1 aromatic heterocycles. The molecular formula is C13H21N3O3. The second-order valence-corrected chi connectivity index (χ2v) is 5.80. The maximum absolute atomic E-state index is 12.1. The second-order valence-electron chi connectivity index (χ2n) is 5.80. The number of amides is 1. The molecule has 0 saturated heterocycles. The van der Waals surface area contributed by atoms with Crippen LogP contribution in [0.2, 0.25) is 0 Å². The normalized spacial score (nSPS) is 12.3. The minimum Gasteiger partial charge on any atom is -0.481 e. The van der Waals surface area contributed by atoms with E-state index in [9.17, 15) is 14.7 Å². The second kappa shape index (κ2) is 4.68. The van der Waals surface area contributed by atoms with Crippen LogP contribution in [-0.4, -0.2) is 32.3 Å². The van der Waals surface area contributed by atoms with Crippen molar-refractivity contribution in [3.8, 4) is 0 Å². The number of aliphatic carboxylic acids is 1. The van der Waals surface area contributed by atoms with Crippen LogP contribution in [0.4, 0.5) is 0 Å². The predicted octanol–water partition coefficient (Wildman–Crippen LogP) is 1.35. The molecule has 0 radical (unpaired) electrons. The summed E-state index contributed by atoms with van der Waals surface area (Å²) < 4.78 is 1.60. The number of nitrogens with zero attached hydrogens (tertiary/aromatic N) is 2. The summed E-state index contributed by atoms with van der Waals surface area (Å²) in [4.78, 5) is 23.4. The SMILES string of the molecule is Cc1cc(C(=O)NC(C)(C)C(C)(C)C(=O)O)nn1C. The topological polar surface area (TPSA) is 84.2 Å². The first-order valence-electron chi connectivity index (χ1n) is 6.05. The Bertz CT molecular complexity index is 496. The quantitative estimate of drug-likeness (QED) is 0.862. The summed E-state index contributed by atoms with van der Waals surface area (Å²) in [6.07, 6.45) is 0. The summed E-state index contributed by atoms with van der Waals surface area (Å²) in [7, 11) is 1.75. The van der Waals surface area contributed by atoms with E-state index in [0.29, 0.717) is 0 Å². The number of carbonyl (C=O) groups is 2. The van der Waals surface area contributed by atoms with Crippen molar-refractivity contribution in [3.05, 3.63) is 17.5 Å².